The smallest absolute Gasteiger partial charge is 0.279 e. The summed E-state index contributed by atoms with van der Waals surface area (Å²) in [6, 6.07) is 7.26. The molecule has 7 heteroatoms. The van der Waals surface area contributed by atoms with Crippen LogP contribution in [0.15, 0.2) is 36.4 Å². The minimum atomic E-state index is -0.935. The second kappa shape index (κ2) is 7.48. The highest BCUT2D eigenvalue weighted by molar-refractivity contribution is 6.30. The highest BCUT2D eigenvalue weighted by Gasteiger charge is 2.15. The molecule has 0 aliphatic rings. The van der Waals surface area contributed by atoms with Gasteiger partial charge in [0.15, 0.2) is 18.2 Å². The molecule has 1 amide bonds. The fraction of sp³-hybridized carbons (Fsp3) is 0.188. The summed E-state index contributed by atoms with van der Waals surface area (Å²) in [5.74, 6) is -2.90. The fourth-order valence-corrected chi connectivity index (χ4v) is 2.17. The number of nitrogens with one attached hydrogen (secondary N) is 1. The van der Waals surface area contributed by atoms with E-state index in [4.69, 9.17) is 11.6 Å². The highest BCUT2D eigenvalue weighted by atomic mass is 35.5. The van der Waals surface area contributed by atoms with Crippen LogP contribution >= 0.6 is 11.6 Å². The topological polar surface area (TPSA) is 45.7 Å². The Balaban J connectivity index is 1.91. The van der Waals surface area contributed by atoms with E-state index in [0.29, 0.717) is 5.56 Å². The van der Waals surface area contributed by atoms with E-state index in [2.05, 4.69) is 5.32 Å². The first kappa shape index (κ1) is 17.3. The number of hydrogen-bond acceptors (Lipinski definition) is 1. The Bertz CT molecular complexity index is 724. The van der Waals surface area contributed by atoms with E-state index >= 15 is 0 Å². The Labute approximate surface area is 136 Å². The standard InChI is InChI=1S/C16H14ClF3N2O/c1-9(10-2-4-12(18)13(19)6-10)21-8-16(23)22-15-5-3-11(17)7-14(15)20/h2-7,9,21H,8H2,1H3,(H,22,23)/p+1/t9-/m0/s1. The van der Waals surface area contributed by atoms with Crippen molar-refractivity contribution in [3.8, 4) is 0 Å². The van der Waals surface area contributed by atoms with E-state index < -0.39 is 23.4 Å². The average molecular weight is 344 g/mol. The maximum atomic E-state index is 13.6. The minimum absolute atomic E-state index is 0.00221. The third-order valence-electron chi connectivity index (χ3n) is 3.33. The molecule has 122 valence electrons. The maximum Gasteiger partial charge on any atom is 0.279 e. The van der Waals surface area contributed by atoms with E-state index in [-0.39, 0.29) is 23.3 Å². The van der Waals surface area contributed by atoms with Gasteiger partial charge in [-0.3, -0.25) is 4.79 Å². The summed E-state index contributed by atoms with van der Waals surface area (Å²) in [4.78, 5) is 11.8. The van der Waals surface area contributed by atoms with Crippen LogP contribution in [0.1, 0.15) is 18.5 Å². The molecule has 0 saturated heterocycles. The molecule has 3 nitrogen and oxygen atoms in total. The van der Waals surface area contributed by atoms with Gasteiger partial charge < -0.3 is 10.6 Å². The number of carbonyl (C=O) groups is 1. The predicted molar refractivity (Wildman–Crippen MR) is 81.6 cm³/mol. The van der Waals surface area contributed by atoms with Gasteiger partial charge in [-0.2, -0.15) is 0 Å². The highest BCUT2D eigenvalue weighted by Crippen LogP contribution is 2.18. The lowest BCUT2D eigenvalue weighted by Gasteiger charge is -2.12. The third-order valence-corrected chi connectivity index (χ3v) is 3.57. The van der Waals surface area contributed by atoms with E-state index in [1.807, 2.05) is 0 Å². The summed E-state index contributed by atoms with van der Waals surface area (Å²) in [7, 11) is 0. The number of quaternary nitrogens is 1. The average Bonchev–Trinajstić information content (AvgIpc) is 2.50. The molecule has 0 radical (unpaired) electrons. The minimum Gasteiger partial charge on any atom is -0.333 e. The molecular weight excluding hydrogens is 329 g/mol. The molecular formula is C16H15ClF3N2O+. The summed E-state index contributed by atoms with van der Waals surface area (Å²) >= 11 is 5.63. The third kappa shape index (κ3) is 4.71. The molecule has 0 unspecified atom stereocenters. The van der Waals surface area contributed by atoms with Crippen LogP contribution in [0.2, 0.25) is 5.02 Å². The number of carbonyl (C=O) groups excluding carboxylic acids is 1. The molecule has 0 aromatic heterocycles. The first-order valence-electron chi connectivity index (χ1n) is 6.90. The Morgan fingerprint density at radius 3 is 2.52 bits per heavy atom. The van der Waals surface area contributed by atoms with Gasteiger partial charge in [-0.05, 0) is 43.3 Å². The van der Waals surface area contributed by atoms with Crippen LogP contribution in [0, 0.1) is 17.5 Å². The molecule has 0 fully saturated rings. The van der Waals surface area contributed by atoms with Gasteiger partial charge in [0.25, 0.3) is 5.91 Å². The number of amides is 1. The summed E-state index contributed by atoms with van der Waals surface area (Å²) in [6.45, 7) is 1.76. The van der Waals surface area contributed by atoms with Crippen molar-refractivity contribution in [2.24, 2.45) is 0 Å². The largest absolute Gasteiger partial charge is 0.333 e. The molecule has 0 bridgehead atoms. The van der Waals surface area contributed by atoms with Gasteiger partial charge in [0.1, 0.15) is 11.9 Å². The van der Waals surface area contributed by atoms with E-state index in [1.165, 1.54) is 18.2 Å². The molecule has 0 saturated carbocycles. The molecule has 23 heavy (non-hydrogen) atoms. The summed E-state index contributed by atoms with van der Waals surface area (Å²) in [6.07, 6.45) is 0. The lowest BCUT2D eigenvalue weighted by atomic mass is 10.1. The fourth-order valence-electron chi connectivity index (χ4n) is 2.01. The SMILES string of the molecule is C[C@H]([NH2+]CC(=O)Nc1ccc(Cl)cc1F)c1ccc(F)c(F)c1. The van der Waals surface area contributed by atoms with Crippen LogP contribution in [0.3, 0.4) is 0 Å². The van der Waals surface area contributed by atoms with Crippen molar-refractivity contribution in [1.82, 2.24) is 0 Å². The summed E-state index contributed by atoms with van der Waals surface area (Å²) in [5, 5.41) is 4.30. The van der Waals surface area contributed by atoms with Crippen molar-refractivity contribution < 1.29 is 23.3 Å². The van der Waals surface area contributed by atoms with Crippen LogP contribution in [0.4, 0.5) is 18.9 Å². The normalized spacial score (nSPS) is 12.0. The Hall–Kier alpha value is -2.05. The zero-order valence-corrected chi connectivity index (χ0v) is 13.0. The Kier molecular flexibility index (Phi) is 5.63. The van der Waals surface area contributed by atoms with Crippen LogP contribution in [0.5, 0.6) is 0 Å². The van der Waals surface area contributed by atoms with E-state index in [0.717, 1.165) is 18.2 Å². The zero-order valence-electron chi connectivity index (χ0n) is 12.2. The molecule has 0 aliphatic heterocycles. The second-order valence-corrected chi connectivity index (χ2v) is 5.51. The van der Waals surface area contributed by atoms with Crippen LogP contribution in [0.25, 0.3) is 0 Å². The van der Waals surface area contributed by atoms with Crippen molar-refractivity contribution in [3.05, 3.63) is 64.4 Å². The van der Waals surface area contributed by atoms with Gasteiger partial charge in [0, 0.05) is 10.6 Å². The van der Waals surface area contributed by atoms with Crippen molar-refractivity contribution in [3.63, 3.8) is 0 Å². The number of nitrogens with two attached hydrogens (primary N) is 1. The van der Waals surface area contributed by atoms with Gasteiger partial charge in [0.05, 0.1) is 5.69 Å². The second-order valence-electron chi connectivity index (χ2n) is 5.07. The first-order chi connectivity index (χ1) is 10.9. The van der Waals surface area contributed by atoms with Crippen LogP contribution in [-0.4, -0.2) is 12.5 Å². The first-order valence-corrected chi connectivity index (χ1v) is 7.28. The predicted octanol–water partition coefficient (Wildman–Crippen LogP) is 3.02. The Morgan fingerprint density at radius 1 is 1.13 bits per heavy atom. The molecule has 0 spiro atoms. The molecule has 1 atom stereocenters. The summed E-state index contributed by atoms with van der Waals surface area (Å²) < 4.78 is 39.6. The number of rotatable bonds is 5. The van der Waals surface area contributed by atoms with E-state index in [1.54, 1.807) is 12.2 Å². The van der Waals surface area contributed by atoms with Crippen LogP contribution < -0.4 is 10.6 Å². The molecule has 0 aliphatic carbocycles. The summed E-state index contributed by atoms with van der Waals surface area (Å²) in [5.41, 5.74) is 0.586. The molecule has 2 aromatic carbocycles. The maximum absolute atomic E-state index is 13.6. The number of benzene rings is 2. The Morgan fingerprint density at radius 2 is 1.87 bits per heavy atom. The van der Waals surface area contributed by atoms with Crippen molar-refractivity contribution in [2.45, 2.75) is 13.0 Å². The van der Waals surface area contributed by atoms with Crippen molar-refractivity contribution in [1.29, 1.82) is 0 Å². The van der Waals surface area contributed by atoms with Gasteiger partial charge in [-0.1, -0.05) is 11.6 Å². The van der Waals surface area contributed by atoms with Gasteiger partial charge in [0.2, 0.25) is 0 Å². The molecule has 3 N–H and O–H groups in total. The van der Waals surface area contributed by atoms with Gasteiger partial charge >= 0.3 is 0 Å². The molecule has 2 aromatic rings. The van der Waals surface area contributed by atoms with Gasteiger partial charge in [-0.15, -0.1) is 0 Å². The lowest BCUT2D eigenvalue weighted by Crippen LogP contribution is -2.86. The lowest BCUT2D eigenvalue weighted by molar-refractivity contribution is -0.682. The quantitative estimate of drug-likeness (QED) is 0.861. The van der Waals surface area contributed by atoms with Gasteiger partial charge in [-0.25, -0.2) is 13.2 Å². The monoisotopic (exact) mass is 343 g/mol. The molecule has 0 heterocycles. The van der Waals surface area contributed by atoms with Crippen LogP contribution in [-0.2, 0) is 4.79 Å². The van der Waals surface area contributed by atoms with Crippen molar-refractivity contribution >= 4 is 23.2 Å². The van der Waals surface area contributed by atoms with E-state index in [9.17, 15) is 18.0 Å². The van der Waals surface area contributed by atoms with Crippen molar-refractivity contribution in [2.75, 3.05) is 11.9 Å². The zero-order chi connectivity index (χ0) is 17.0. The number of anilines is 1. The number of hydrogen-bond donors (Lipinski definition) is 2. The molecule has 2 rings (SSSR count). The number of halogens is 4.